The van der Waals surface area contributed by atoms with E-state index in [-0.39, 0.29) is 11.9 Å². The maximum atomic E-state index is 11.3. The molecule has 1 unspecified atom stereocenters. The van der Waals surface area contributed by atoms with Crippen molar-refractivity contribution in [1.29, 1.82) is 0 Å². The third-order valence-corrected chi connectivity index (χ3v) is 2.22. The first-order valence-corrected chi connectivity index (χ1v) is 5.48. The van der Waals surface area contributed by atoms with E-state index in [4.69, 9.17) is 9.47 Å². The Morgan fingerprint density at radius 1 is 1.67 bits per heavy atom. The molecule has 88 valence electrons. The van der Waals surface area contributed by atoms with Gasteiger partial charge in [-0.15, -0.1) is 0 Å². The van der Waals surface area contributed by atoms with Crippen molar-refractivity contribution in [2.45, 2.75) is 19.4 Å². The van der Waals surface area contributed by atoms with E-state index in [0.717, 1.165) is 13.2 Å². The van der Waals surface area contributed by atoms with Crippen molar-refractivity contribution in [3.8, 4) is 0 Å². The summed E-state index contributed by atoms with van der Waals surface area (Å²) in [7, 11) is 0. The maximum Gasteiger partial charge on any atom is 0.222 e. The molecule has 1 aliphatic heterocycles. The molecule has 5 heteroatoms. The molecule has 1 atom stereocenters. The van der Waals surface area contributed by atoms with Gasteiger partial charge >= 0.3 is 0 Å². The van der Waals surface area contributed by atoms with Gasteiger partial charge in [0.1, 0.15) is 0 Å². The average Bonchev–Trinajstić information content (AvgIpc) is 2.28. The lowest BCUT2D eigenvalue weighted by atomic mass is 10.2. The summed E-state index contributed by atoms with van der Waals surface area (Å²) >= 11 is 0. The first-order valence-electron chi connectivity index (χ1n) is 5.48. The Hall–Kier alpha value is -0.650. The molecule has 0 saturated carbocycles. The van der Waals surface area contributed by atoms with Gasteiger partial charge < -0.3 is 20.1 Å². The highest BCUT2D eigenvalue weighted by atomic mass is 16.5. The Balaban J connectivity index is 2.00. The van der Waals surface area contributed by atoms with Crippen molar-refractivity contribution in [1.82, 2.24) is 10.6 Å². The summed E-state index contributed by atoms with van der Waals surface area (Å²) < 4.78 is 10.4. The summed E-state index contributed by atoms with van der Waals surface area (Å²) in [6.45, 7) is 5.99. The summed E-state index contributed by atoms with van der Waals surface area (Å²) in [6.07, 6.45) is 0.432. The maximum absolute atomic E-state index is 11.3. The van der Waals surface area contributed by atoms with E-state index in [1.54, 1.807) is 0 Å². The largest absolute Gasteiger partial charge is 0.381 e. The lowest BCUT2D eigenvalue weighted by Gasteiger charge is -2.23. The number of carbonyl (C=O) groups excluding carboxylic acids is 1. The van der Waals surface area contributed by atoms with Gasteiger partial charge in [-0.05, 0) is 6.92 Å². The Labute approximate surface area is 90.5 Å². The minimum atomic E-state index is 0.0378. The van der Waals surface area contributed by atoms with Crippen LogP contribution in [-0.2, 0) is 14.3 Å². The lowest BCUT2D eigenvalue weighted by molar-refractivity contribution is -0.122. The molecule has 1 fully saturated rings. The van der Waals surface area contributed by atoms with Gasteiger partial charge in [-0.25, -0.2) is 0 Å². The molecule has 2 N–H and O–H groups in total. The minimum Gasteiger partial charge on any atom is -0.381 e. The third kappa shape index (κ3) is 5.71. The second kappa shape index (κ2) is 7.62. The molecule has 1 rings (SSSR count). The van der Waals surface area contributed by atoms with Crippen LogP contribution in [0.5, 0.6) is 0 Å². The zero-order chi connectivity index (χ0) is 10.9. The summed E-state index contributed by atoms with van der Waals surface area (Å²) in [5.74, 6) is 0.0378. The number of amides is 1. The molecule has 1 amide bonds. The van der Waals surface area contributed by atoms with Gasteiger partial charge in [0.05, 0.1) is 19.8 Å². The van der Waals surface area contributed by atoms with Crippen LogP contribution in [0.15, 0.2) is 0 Å². The molecule has 0 aromatic rings. The van der Waals surface area contributed by atoms with Crippen LogP contribution in [0.1, 0.15) is 13.3 Å². The highest BCUT2D eigenvalue weighted by Gasteiger charge is 2.13. The second-order valence-electron chi connectivity index (χ2n) is 3.48. The van der Waals surface area contributed by atoms with Crippen molar-refractivity contribution in [2.24, 2.45) is 0 Å². The molecule has 0 aromatic heterocycles. The Morgan fingerprint density at radius 3 is 3.20 bits per heavy atom. The average molecular weight is 216 g/mol. The smallest absolute Gasteiger partial charge is 0.222 e. The fraction of sp³-hybridized carbons (Fsp3) is 0.900. The predicted octanol–water partition coefficient (Wildman–Crippen LogP) is -0.482. The molecule has 15 heavy (non-hydrogen) atoms. The number of morpholine rings is 1. The number of ether oxygens (including phenoxy) is 2. The topological polar surface area (TPSA) is 59.6 Å². The molecule has 1 saturated heterocycles. The Bertz CT molecular complexity index is 182. The standard InChI is InChI=1S/C10H20N2O3/c1-2-14-5-3-10(13)12-7-9-8-15-6-4-11-9/h9,11H,2-8H2,1H3,(H,12,13). The summed E-state index contributed by atoms with van der Waals surface area (Å²) in [5, 5.41) is 6.12. The second-order valence-corrected chi connectivity index (χ2v) is 3.48. The van der Waals surface area contributed by atoms with E-state index >= 15 is 0 Å². The highest BCUT2D eigenvalue weighted by Crippen LogP contribution is 1.91. The van der Waals surface area contributed by atoms with Crippen LogP contribution in [0.25, 0.3) is 0 Å². The first kappa shape index (κ1) is 12.4. The van der Waals surface area contributed by atoms with Crippen molar-refractivity contribution >= 4 is 5.91 Å². The van der Waals surface area contributed by atoms with E-state index in [9.17, 15) is 4.79 Å². The van der Waals surface area contributed by atoms with Crippen molar-refractivity contribution < 1.29 is 14.3 Å². The minimum absolute atomic E-state index is 0.0378. The van der Waals surface area contributed by atoms with Gasteiger partial charge in [-0.1, -0.05) is 0 Å². The first-order chi connectivity index (χ1) is 7.33. The molecular weight excluding hydrogens is 196 g/mol. The van der Waals surface area contributed by atoms with Crippen molar-refractivity contribution in [3.63, 3.8) is 0 Å². The van der Waals surface area contributed by atoms with Crippen LogP contribution in [0.4, 0.5) is 0 Å². The summed E-state index contributed by atoms with van der Waals surface area (Å²) in [6, 6.07) is 0.245. The van der Waals surface area contributed by atoms with Crippen LogP contribution in [0, 0.1) is 0 Å². The molecule has 1 heterocycles. The Kier molecular flexibility index (Phi) is 6.31. The lowest BCUT2D eigenvalue weighted by Crippen LogP contribution is -2.48. The van der Waals surface area contributed by atoms with Gasteiger partial charge in [0.2, 0.25) is 5.91 Å². The number of hydrogen-bond donors (Lipinski definition) is 2. The van der Waals surface area contributed by atoms with E-state index in [2.05, 4.69) is 10.6 Å². The summed E-state index contributed by atoms with van der Waals surface area (Å²) in [4.78, 5) is 11.3. The van der Waals surface area contributed by atoms with Crippen LogP contribution < -0.4 is 10.6 Å². The number of hydrogen-bond acceptors (Lipinski definition) is 4. The molecule has 5 nitrogen and oxygen atoms in total. The predicted molar refractivity (Wildman–Crippen MR) is 56.7 cm³/mol. The molecule has 0 bridgehead atoms. The van der Waals surface area contributed by atoms with Gasteiger partial charge in [0.15, 0.2) is 0 Å². The molecule has 0 spiro atoms. The van der Waals surface area contributed by atoms with Gasteiger partial charge in [-0.2, -0.15) is 0 Å². The van der Waals surface area contributed by atoms with Crippen LogP contribution in [0.2, 0.25) is 0 Å². The molecule has 0 radical (unpaired) electrons. The zero-order valence-electron chi connectivity index (χ0n) is 9.25. The third-order valence-electron chi connectivity index (χ3n) is 2.22. The van der Waals surface area contributed by atoms with Crippen LogP contribution >= 0.6 is 0 Å². The normalized spacial score (nSPS) is 21.3. The molecule has 1 aliphatic rings. The van der Waals surface area contributed by atoms with Gasteiger partial charge in [0, 0.05) is 32.2 Å². The van der Waals surface area contributed by atoms with Crippen LogP contribution in [-0.4, -0.2) is 51.5 Å². The molecule has 0 aliphatic carbocycles. The van der Waals surface area contributed by atoms with Gasteiger partial charge in [0.25, 0.3) is 0 Å². The number of nitrogens with one attached hydrogen (secondary N) is 2. The number of rotatable bonds is 6. The van der Waals surface area contributed by atoms with E-state index in [1.807, 2.05) is 6.92 Å². The van der Waals surface area contributed by atoms with E-state index in [1.165, 1.54) is 0 Å². The SMILES string of the molecule is CCOCCC(=O)NCC1COCCN1. The Morgan fingerprint density at radius 2 is 2.53 bits per heavy atom. The molecule has 0 aromatic carbocycles. The molecular formula is C10H20N2O3. The van der Waals surface area contributed by atoms with E-state index in [0.29, 0.717) is 32.8 Å². The monoisotopic (exact) mass is 216 g/mol. The number of carbonyl (C=O) groups is 1. The van der Waals surface area contributed by atoms with Gasteiger partial charge in [-0.3, -0.25) is 4.79 Å². The highest BCUT2D eigenvalue weighted by molar-refractivity contribution is 5.75. The van der Waals surface area contributed by atoms with Crippen LogP contribution in [0.3, 0.4) is 0 Å². The van der Waals surface area contributed by atoms with Crippen molar-refractivity contribution in [2.75, 3.05) is 39.5 Å². The quantitative estimate of drug-likeness (QED) is 0.589. The fourth-order valence-electron chi connectivity index (χ4n) is 1.39. The fourth-order valence-corrected chi connectivity index (χ4v) is 1.39. The zero-order valence-corrected chi connectivity index (χ0v) is 9.25. The van der Waals surface area contributed by atoms with Crippen molar-refractivity contribution in [3.05, 3.63) is 0 Å². The van der Waals surface area contributed by atoms with E-state index < -0.39 is 0 Å². The summed E-state index contributed by atoms with van der Waals surface area (Å²) in [5.41, 5.74) is 0.